The Hall–Kier alpha value is -1.77. The van der Waals surface area contributed by atoms with Gasteiger partial charge in [-0.3, -0.25) is 5.41 Å². The molecule has 0 amide bonds. The molecule has 0 atom stereocenters. The van der Waals surface area contributed by atoms with Gasteiger partial charge in [0.2, 0.25) is 0 Å². The first-order chi connectivity index (χ1) is 6.66. The molecule has 0 saturated heterocycles. The molecule has 0 bridgehead atoms. The molecule has 0 fully saturated rings. The molecule has 72 valence electrons. The summed E-state index contributed by atoms with van der Waals surface area (Å²) in [4.78, 5) is 0. The van der Waals surface area contributed by atoms with Crippen molar-refractivity contribution < 1.29 is 0 Å². The minimum absolute atomic E-state index is 0.207. The van der Waals surface area contributed by atoms with Gasteiger partial charge in [-0.2, -0.15) is 0 Å². The Morgan fingerprint density at radius 3 is 2.93 bits per heavy atom. The highest BCUT2D eigenvalue weighted by Gasteiger charge is 2.00. The summed E-state index contributed by atoms with van der Waals surface area (Å²) in [5.74, 6) is 0.207. The molecule has 14 heavy (non-hydrogen) atoms. The number of hydrogen-bond acceptors (Lipinski definition) is 1. The van der Waals surface area contributed by atoms with E-state index >= 15 is 0 Å². The normalized spacial score (nSPS) is 10.6. The number of nitrogens with zero attached hydrogens (tertiary/aromatic N) is 1. The second-order valence-corrected chi connectivity index (χ2v) is 3.52. The topological polar surface area (TPSA) is 54.8 Å². The summed E-state index contributed by atoms with van der Waals surface area (Å²) in [5, 5.41) is 8.45. The zero-order valence-electron chi connectivity index (χ0n) is 8.12. The number of nitrogens with one attached hydrogen (secondary N) is 1. The first-order valence-corrected chi connectivity index (χ1v) is 4.53. The summed E-state index contributed by atoms with van der Waals surface area (Å²) >= 11 is 0. The zero-order chi connectivity index (χ0) is 10.1. The van der Waals surface area contributed by atoms with E-state index in [0.29, 0.717) is 6.42 Å². The predicted molar refractivity (Wildman–Crippen MR) is 58.5 cm³/mol. The first kappa shape index (κ1) is 8.81. The van der Waals surface area contributed by atoms with Crippen molar-refractivity contribution in [3.8, 4) is 0 Å². The van der Waals surface area contributed by atoms with Gasteiger partial charge in [-0.05, 0) is 23.1 Å². The third-order valence-electron chi connectivity index (χ3n) is 2.35. The van der Waals surface area contributed by atoms with Crippen LogP contribution in [0.15, 0.2) is 30.5 Å². The van der Waals surface area contributed by atoms with E-state index in [2.05, 4.69) is 22.8 Å². The van der Waals surface area contributed by atoms with Crippen molar-refractivity contribution in [2.45, 2.75) is 6.42 Å². The van der Waals surface area contributed by atoms with E-state index in [9.17, 15) is 0 Å². The van der Waals surface area contributed by atoms with Gasteiger partial charge in [0.05, 0.1) is 5.84 Å². The van der Waals surface area contributed by atoms with E-state index in [1.165, 1.54) is 10.9 Å². The zero-order valence-corrected chi connectivity index (χ0v) is 8.12. The van der Waals surface area contributed by atoms with Crippen molar-refractivity contribution >= 4 is 16.7 Å². The number of aromatic nitrogens is 1. The summed E-state index contributed by atoms with van der Waals surface area (Å²) in [5.41, 5.74) is 7.63. The number of nitrogens with two attached hydrogens (primary N) is 1. The molecule has 1 heterocycles. The van der Waals surface area contributed by atoms with Gasteiger partial charge in [0.1, 0.15) is 0 Å². The molecule has 0 aliphatic heterocycles. The maximum Gasteiger partial charge on any atom is 0.0950 e. The van der Waals surface area contributed by atoms with E-state index in [1.54, 1.807) is 0 Å². The van der Waals surface area contributed by atoms with Gasteiger partial charge in [-0.15, -0.1) is 0 Å². The molecule has 3 nitrogen and oxygen atoms in total. The lowest BCUT2D eigenvalue weighted by atomic mass is 10.1. The molecule has 1 aromatic carbocycles. The fourth-order valence-electron chi connectivity index (χ4n) is 1.64. The Bertz CT molecular complexity index is 482. The monoisotopic (exact) mass is 187 g/mol. The summed E-state index contributed by atoms with van der Waals surface area (Å²) in [6.07, 6.45) is 2.56. The van der Waals surface area contributed by atoms with Crippen LogP contribution in [0, 0.1) is 5.41 Å². The largest absolute Gasteiger partial charge is 0.387 e. The SMILES string of the molecule is Cn1ccc2ccc(CC(=N)N)cc21. The molecule has 3 heteroatoms. The van der Waals surface area contributed by atoms with E-state index < -0.39 is 0 Å². The number of amidine groups is 1. The maximum atomic E-state index is 7.23. The van der Waals surface area contributed by atoms with Crippen LogP contribution in [0.1, 0.15) is 5.56 Å². The van der Waals surface area contributed by atoms with Gasteiger partial charge in [0.25, 0.3) is 0 Å². The number of fused-ring (bicyclic) bond motifs is 1. The van der Waals surface area contributed by atoms with Crippen LogP contribution in [0.4, 0.5) is 0 Å². The van der Waals surface area contributed by atoms with Crippen molar-refractivity contribution in [1.82, 2.24) is 4.57 Å². The Morgan fingerprint density at radius 2 is 2.21 bits per heavy atom. The number of aryl methyl sites for hydroxylation is 1. The number of benzene rings is 1. The Balaban J connectivity index is 2.49. The molecule has 0 aliphatic carbocycles. The Labute approximate surface area is 82.7 Å². The molecule has 1 aromatic heterocycles. The standard InChI is InChI=1S/C11H13N3/c1-14-5-4-9-3-2-8(6-10(9)14)7-11(12)13/h2-6H,7H2,1H3,(H3,12,13). The highest BCUT2D eigenvalue weighted by molar-refractivity contribution is 5.84. The molecular formula is C11H13N3. The molecule has 2 aromatic rings. The van der Waals surface area contributed by atoms with E-state index in [1.807, 2.05) is 19.3 Å². The van der Waals surface area contributed by atoms with E-state index in [4.69, 9.17) is 11.1 Å². The second-order valence-electron chi connectivity index (χ2n) is 3.52. The van der Waals surface area contributed by atoms with Crippen LogP contribution < -0.4 is 5.73 Å². The van der Waals surface area contributed by atoms with Crippen LogP contribution in [-0.2, 0) is 13.5 Å². The van der Waals surface area contributed by atoms with Crippen LogP contribution >= 0.6 is 0 Å². The maximum absolute atomic E-state index is 7.23. The first-order valence-electron chi connectivity index (χ1n) is 4.53. The minimum Gasteiger partial charge on any atom is -0.387 e. The fraction of sp³-hybridized carbons (Fsp3) is 0.182. The fourth-order valence-corrected chi connectivity index (χ4v) is 1.64. The molecule has 0 radical (unpaired) electrons. The second kappa shape index (κ2) is 3.18. The van der Waals surface area contributed by atoms with Crippen LogP contribution in [0.2, 0.25) is 0 Å². The van der Waals surface area contributed by atoms with Crippen LogP contribution in [0.25, 0.3) is 10.9 Å². The van der Waals surface area contributed by atoms with Gasteiger partial charge in [0, 0.05) is 25.2 Å². The Morgan fingerprint density at radius 1 is 1.43 bits per heavy atom. The molecule has 0 spiro atoms. The molecule has 0 aliphatic rings. The molecule has 3 N–H and O–H groups in total. The predicted octanol–water partition coefficient (Wildman–Crippen LogP) is 1.66. The summed E-state index contributed by atoms with van der Waals surface area (Å²) < 4.78 is 2.07. The number of rotatable bonds is 2. The summed E-state index contributed by atoms with van der Waals surface area (Å²) in [6, 6.07) is 8.24. The third-order valence-corrected chi connectivity index (χ3v) is 2.35. The Kier molecular flexibility index (Phi) is 2.00. The average Bonchev–Trinajstić information content (AvgIpc) is 2.47. The van der Waals surface area contributed by atoms with Crippen LogP contribution in [0.5, 0.6) is 0 Å². The quantitative estimate of drug-likeness (QED) is 0.545. The average molecular weight is 187 g/mol. The van der Waals surface area contributed by atoms with Crippen molar-refractivity contribution in [2.24, 2.45) is 12.8 Å². The van der Waals surface area contributed by atoms with Crippen molar-refractivity contribution in [2.75, 3.05) is 0 Å². The minimum atomic E-state index is 0.207. The lowest BCUT2D eigenvalue weighted by Gasteiger charge is -2.01. The van der Waals surface area contributed by atoms with Crippen LogP contribution in [0.3, 0.4) is 0 Å². The van der Waals surface area contributed by atoms with Gasteiger partial charge in [-0.1, -0.05) is 12.1 Å². The highest BCUT2D eigenvalue weighted by Crippen LogP contribution is 2.16. The lowest BCUT2D eigenvalue weighted by Crippen LogP contribution is -2.12. The van der Waals surface area contributed by atoms with Gasteiger partial charge >= 0.3 is 0 Å². The number of hydrogen-bond donors (Lipinski definition) is 2. The van der Waals surface area contributed by atoms with E-state index in [-0.39, 0.29) is 5.84 Å². The van der Waals surface area contributed by atoms with Gasteiger partial charge in [0.15, 0.2) is 0 Å². The lowest BCUT2D eigenvalue weighted by molar-refractivity contribution is 0.968. The van der Waals surface area contributed by atoms with Gasteiger partial charge < -0.3 is 10.3 Å². The summed E-state index contributed by atoms with van der Waals surface area (Å²) in [6.45, 7) is 0. The van der Waals surface area contributed by atoms with Crippen molar-refractivity contribution in [3.63, 3.8) is 0 Å². The van der Waals surface area contributed by atoms with E-state index in [0.717, 1.165) is 5.56 Å². The van der Waals surface area contributed by atoms with Gasteiger partial charge in [-0.25, -0.2) is 0 Å². The molecule has 2 rings (SSSR count). The smallest absolute Gasteiger partial charge is 0.0950 e. The molecule has 0 unspecified atom stereocenters. The van der Waals surface area contributed by atoms with Crippen molar-refractivity contribution in [3.05, 3.63) is 36.0 Å². The summed E-state index contributed by atoms with van der Waals surface area (Å²) in [7, 11) is 2.01. The van der Waals surface area contributed by atoms with Crippen molar-refractivity contribution in [1.29, 1.82) is 5.41 Å². The molecule has 0 saturated carbocycles. The molecular weight excluding hydrogens is 174 g/mol. The van der Waals surface area contributed by atoms with Crippen LogP contribution in [-0.4, -0.2) is 10.4 Å². The highest BCUT2D eigenvalue weighted by atomic mass is 14.9. The third kappa shape index (κ3) is 1.48.